The van der Waals surface area contributed by atoms with Crippen LogP contribution in [0.1, 0.15) is 72.3 Å². The first-order valence-electron chi connectivity index (χ1n) is 18.1. The lowest BCUT2D eigenvalue weighted by molar-refractivity contribution is -0.147. The highest BCUT2D eigenvalue weighted by Gasteiger charge is 2.38. The molecule has 0 bridgehead atoms. The Kier molecular flexibility index (Phi) is 10.4. The van der Waals surface area contributed by atoms with Crippen molar-refractivity contribution in [2.24, 2.45) is 5.92 Å². The molecule has 2 aromatic carbocycles. The Morgan fingerprint density at radius 3 is 2.24 bits per heavy atom. The molecule has 2 aliphatic heterocycles. The van der Waals surface area contributed by atoms with Crippen LogP contribution in [0.2, 0.25) is 0 Å². The minimum Gasteiger partial charge on any atom is -0.478 e. The number of hydrogen-bond acceptors (Lipinski definition) is 7. The second kappa shape index (κ2) is 14.7. The molecule has 1 aliphatic carbocycles. The van der Waals surface area contributed by atoms with E-state index in [2.05, 4.69) is 50.3 Å². The molecule has 0 spiro atoms. The van der Waals surface area contributed by atoms with Gasteiger partial charge in [-0.2, -0.15) is 5.10 Å². The summed E-state index contributed by atoms with van der Waals surface area (Å²) in [7, 11) is 0. The Morgan fingerprint density at radius 2 is 1.60 bits per heavy atom. The maximum Gasteiger partial charge on any atom is 0.410 e. The van der Waals surface area contributed by atoms with Crippen molar-refractivity contribution in [2.75, 3.05) is 44.2 Å². The van der Waals surface area contributed by atoms with Gasteiger partial charge in [0.05, 0.1) is 12.1 Å². The zero-order valence-electron chi connectivity index (χ0n) is 30.2. The smallest absolute Gasteiger partial charge is 0.410 e. The van der Waals surface area contributed by atoms with Gasteiger partial charge in [0.1, 0.15) is 11.4 Å². The third kappa shape index (κ3) is 8.42. The van der Waals surface area contributed by atoms with Gasteiger partial charge in [-0.1, -0.05) is 30.3 Å². The Bertz CT molecular complexity index is 1620. The maximum absolute atomic E-state index is 14.2. The van der Waals surface area contributed by atoms with Gasteiger partial charge in [-0.25, -0.2) is 4.79 Å². The van der Waals surface area contributed by atoms with Crippen LogP contribution in [0, 0.1) is 5.92 Å². The number of H-pyrrole nitrogens is 1. The predicted molar refractivity (Wildman–Crippen MR) is 193 cm³/mol. The molecule has 3 amide bonds. The van der Waals surface area contributed by atoms with Gasteiger partial charge in [0.2, 0.25) is 5.91 Å². The van der Waals surface area contributed by atoms with E-state index in [1.807, 2.05) is 51.4 Å². The number of amides is 3. The van der Waals surface area contributed by atoms with Crippen LogP contribution >= 0.6 is 0 Å². The Labute approximate surface area is 295 Å². The van der Waals surface area contributed by atoms with Crippen LogP contribution in [-0.4, -0.2) is 99.3 Å². The average Bonchev–Trinajstić information content (AvgIpc) is 3.61. The van der Waals surface area contributed by atoms with Crippen LogP contribution in [-0.2, 0) is 20.9 Å². The molecular weight excluding hydrogens is 632 g/mol. The third-order valence-corrected chi connectivity index (χ3v) is 10.00. The van der Waals surface area contributed by atoms with Gasteiger partial charge < -0.3 is 29.1 Å². The number of nitrogens with one attached hydrogen (secondary N) is 1. The van der Waals surface area contributed by atoms with E-state index in [4.69, 9.17) is 9.47 Å². The zero-order chi connectivity index (χ0) is 35.5. The third-order valence-electron chi connectivity index (χ3n) is 10.00. The molecule has 1 N–H and O–H groups in total. The minimum atomic E-state index is -1.10. The molecule has 0 unspecified atom stereocenters. The van der Waals surface area contributed by atoms with Crippen molar-refractivity contribution in [1.82, 2.24) is 24.9 Å². The first kappa shape index (κ1) is 35.3. The SMILES string of the molecule is CC(C)(C)OC(=O)N1CCN(C(=O)C(C)(C)Oc2cccc(N3CCC[C@@H](C(=O)N(Cc4ccc(-c5cn[nH]c5)cc4)C4CCC4)C3)c2)CC1. The van der Waals surface area contributed by atoms with Crippen molar-refractivity contribution in [3.05, 3.63) is 66.5 Å². The number of carbonyl (C=O) groups excluding carboxylic acids is 3. The fourth-order valence-corrected chi connectivity index (χ4v) is 7.02. The van der Waals surface area contributed by atoms with E-state index in [1.165, 1.54) is 6.42 Å². The minimum absolute atomic E-state index is 0.0866. The molecule has 3 fully saturated rings. The first-order chi connectivity index (χ1) is 23.9. The van der Waals surface area contributed by atoms with Crippen LogP contribution < -0.4 is 9.64 Å². The standard InChI is InChI=1S/C39H52N6O5/c1-38(2,3)50-37(48)43-21-19-42(20-22-43)36(47)39(4,5)49-34-13-7-12-33(23-34)44-18-8-9-30(27-44)35(46)45(32-10-6-11-32)26-28-14-16-29(17-15-28)31-24-40-41-25-31/h7,12-17,23-25,30,32H,6,8-11,18-22,26-27H2,1-5H3,(H,40,41)/t30-/m1/s1. The number of ether oxygens (including phenoxy) is 2. The number of carbonyl (C=O) groups is 3. The van der Waals surface area contributed by atoms with Crippen molar-refractivity contribution < 1.29 is 23.9 Å². The summed E-state index contributed by atoms with van der Waals surface area (Å²) >= 11 is 0. The van der Waals surface area contributed by atoms with Gasteiger partial charge in [0, 0.05) is 75.4 Å². The molecule has 3 heterocycles. The molecule has 268 valence electrons. The second-order valence-electron chi connectivity index (χ2n) is 15.4. The second-order valence-corrected chi connectivity index (χ2v) is 15.4. The van der Waals surface area contributed by atoms with Crippen molar-refractivity contribution >= 4 is 23.6 Å². The van der Waals surface area contributed by atoms with E-state index in [0.29, 0.717) is 51.1 Å². The quantitative estimate of drug-likeness (QED) is 0.290. The van der Waals surface area contributed by atoms with E-state index in [-0.39, 0.29) is 23.8 Å². The highest BCUT2D eigenvalue weighted by atomic mass is 16.6. The summed E-state index contributed by atoms with van der Waals surface area (Å²) in [6, 6.07) is 16.6. The van der Waals surface area contributed by atoms with E-state index in [9.17, 15) is 14.4 Å². The summed E-state index contributed by atoms with van der Waals surface area (Å²) in [4.78, 5) is 48.1. The topological polar surface area (TPSA) is 111 Å². The van der Waals surface area contributed by atoms with E-state index in [1.54, 1.807) is 23.6 Å². The van der Waals surface area contributed by atoms with Crippen LogP contribution in [0.3, 0.4) is 0 Å². The van der Waals surface area contributed by atoms with Gasteiger partial charge in [-0.3, -0.25) is 14.7 Å². The van der Waals surface area contributed by atoms with E-state index < -0.39 is 11.2 Å². The first-order valence-corrected chi connectivity index (χ1v) is 18.1. The van der Waals surface area contributed by atoms with Crippen molar-refractivity contribution in [1.29, 1.82) is 0 Å². The fourth-order valence-electron chi connectivity index (χ4n) is 7.02. The Balaban J connectivity index is 1.06. The Hall–Kier alpha value is -4.54. The molecule has 2 saturated heterocycles. The molecule has 1 aromatic heterocycles. The summed E-state index contributed by atoms with van der Waals surface area (Å²) in [6.45, 7) is 12.9. The number of anilines is 1. The van der Waals surface area contributed by atoms with Crippen LogP contribution in [0.15, 0.2) is 60.9 Å². The summed E-state index contributed by atoms with van der Waals surface area (Å²) in [6.07, 6.45) is 8.43. The number of piperidine rings is 1. The van der Waals surface area contributed by atoms with Gasteiger partial charge in [-0.05, 0) is 90.0 Å². The number of nitrogens with zero attached hydrogens (tertiary/aromatic N) is 5. The van der Waals surface area contributed by atoms with Crippen LogP contribution in [0.5, 0.6) is 5.75 Å². The number of rotatable bonds is 9. The number of aromatic nitrogens is 2. The lowest BCUT2D eigenvalue weighted by atomic mass is 9.88. The summed E-state index contributed by atoms with van der Waals surface area (Å²) in [5.74, 6) is 0.639. The van der Waals surface area contributed by atoms with Gasteiger partial charge in [0.15, 0.2) is 5.60 Å². The molecule has 11 nitrogen and oxygen atoms in total. The van der Waals surface area contributed by atoms with Crippen molar-refractivity contribution in [3.8, 4) is 16.9 Å². The van der Waals surface area contributed by atoms with E-state index in [0.717, 1.165) is 54.6 Å². The molecule has 11 heteroatoms. The number of piperazine rings is 1. The Morgan fingerprint density at radius 1 is 0.880 bits per heavy atom. The summed E-state index contributed by atoms with van der Waals surface area (Å²) < 4.78 is 11.8. The van der Waals surface area contributed by atoms with Gasteiger partial charge in [0.25, 0.3) is 5.91 Å². The van der Waals surface area contributed by atoms with Gasteiger partial charge in [-0.15, -0.1) is 0 Å². The number of aromatic amines is 1. The maximum atomic E-state index is 14.2. The molecule has 6 rings (SSSR count). The molecule has 3 aliphatic rings. The largest absolute Gasteiger partial charge is 0.478 e. The molecular formula is C39H52N6O5. The lowest BCUT2D eigenvalue weighted by Gasteiger charge is -2.42. The zero-order valence-corrected chi connectivity index (χ0v) is 30.2. The van der Waals surface area contributed by atoms with Crippen LogP contribution in [0.25, 0.3) is 11.1 Å². The number of hydrogen-bond donors (Lipinski definition) is 1. The normalized spacial score (nSPS) is 18.7. The lowest BCUT2D eigenvalue weighted by Crippen LogP contribution is -2.57. The van der Waals surface area contributed by atoms with Gasteiger partial charge >= 0.3 is 6.09 Å². The predicted octanol–water partition coefficient (Wildman–Crippen LogP) is 6.11. The summed E-state index contributed by atoms with van der Waals surface area (Å²) in [5.41, 5.74) is 2.60. The van der Waals surface area contributed by atoms with Crippen molar-refractivity contribution in [3.63, 3.8) is 0 Å². The summed E-state index contributed by atoms with van der Waals surface area (Å²) in [5, 5.41) is 6.92. The highest BCUT2D eigenvalue weighted by molar-refractivity contribution is 5.85. The molecule has 1 saturated carbocycles. The average molecular weight is 685 g/mol. The number of benzene rings is 2. The molecule has 3 aromatic rings. The van der Waals surface area contributed by atoms with Crippen molar-refractivity contribution in [2.45, 2.75) is 90.5 Å². The molecule has 1 atom stereocenters. The monoisotopic (exact) mass is 684 g/mol. The molecule has 0 radical (unpaired) electrons. The van der Waals surface area contributed by atoms with E-state index >= 15 is 0 Å². The fraction of sp³-hybridized carbons (Fsp3) is 0.538. The molecule has 50 heavy (non-hydrogen) atoms. The highest BCUT2D eigenvalue weighted by Crippen LogP contribution is 2.33. The van der Waals surface area contributed by atoms with Crippen LogP contribution in [0.4, 0.5) is 10.5 Å².